The van der Waals surface area contributed by atoms with Crippen molar-refractivity contribution in [3.63, 3.8) is 0 Å². The van der Waals surface area contributed by atoms with Gasteiger partial charge in [0.15, 0.2) is 0 Å². The van der Waals surface area contributed by atoms with Gasteiger partial charge in [0.05, 0.1) is 24.1 Å². The number of likely N-dealkylation sites (tertiary alicyclic amines) is 1. The third-order valence-electron chi connectivity index (χ3n) is 8.79. The van der Waals surface area contributed by atoms with Gasteiger partial charge in [0.1, 0.15) is 42.0 Å². The van der Waals surface area contributed by atoms with Gasteiger partial charge in [0.25, 0.3) is 5.91 Å². The molecule has 0 saturated carbocycles. The zero-order chi connectivity index (χ0) is 28.2. The van der Waals surface area contributed by atoms with Gasteiger partial charge in [-0.05, 0) is 37.0 Å². The summed E-state index contributed by atoms with van der Waals surface area (Å²) in [4.78, 5) is 45.5. The monoisotopic (exact) mass is 549 g/mol. The molecule has 1 aromatic carbocycles. The number of fused-ring (bicyclic) bond motifs is 3. The molecule has 11 heteroatoms. The van der Waals surface area contributed by atoms with Crippen molar-refractivity contribution in [1.29, 1.82) is 0 Å². The van der Waals surface area contributed by atoms with Gasteiger partial charge in [-0.1, -0.05) is 56.3 Å². The second kappa shape index (κ2) is 9.81. The summed E-state index contributed by atoms with van der Waals surface area (Å²) in [5, 5.41) is 18.9. The lowest BCUT2D eigenvalue weighted by Crippen LogP contribution is -2.59. The van der Waals surface area contributed by atoms with E-state index in [1.165, 1.54) is 4.90 Å². The first kappa shape index (κ1) is 26.6. The number of hydrogen-bond acceptors (Lipinski definition) is 8. The van der Waals surface area contributed by atoms with E-state index in [0.717, 1.165) is 5.52 Å². The van der Waals surface area contributed by atoms with Crippen molar-refractivity contribution < 1.29 is 29.0 Å². The Morgan fingerprint density at radius 3 is 2.65 bits per heavy atom. The summed E-state index contributed by atoms with van der Waals surface area (Å²) >= 11 is 0. The highest BCUT2D eigenvalue weighted by molar-refractivity contribution is 5.99. The van der Waals surface area contributed by atoms with E-state index >= 15 is 0 Å². The van der Waals surface area contributed by atoms with E-state index in [-0.39, 0.29) is 44.2 Å². The first-order chi connectivity index (χ1) is 19.3. The molecule has 2 fully saturated rings. The summed E-state index contributed by atoms with van der Waals surface area (Å²) in [6, 6.07) is 5.79. The van der Waals surface area contributed by atoms with Crippen LogP contribution >= 0.6 is 0 Å². The van der Waals surface area contributed by atoms with Crippen LogP contribution in [0.4, 0.5) is 0 Å². The Morgan fingerprint density at radius 2 is 1.90 bits per heavy atom. The molecule has 4 aliphatic heterocycles. The summed E-state index contributed by atoms with van der Waals surface area (Å²) in [6.07, 6.45) is 8.11. The van der Waals surface area contributed by atoms with E-state index < -0.39 is 41.1 Å². The summed E-state index contributed by atoms with van der Waals surface area (Å²) in [7, 11) is 0. The number of ether oxygens (including phenoxy) is 2. The van der Waals surface area contributed by atoms with Crippen LogP contribution in [0.3, 0.4) is 0 Å². The second-order valence-electron chi connectivity index (χ2n) is 11.5. The predicted octanol–water partition coefficient (Wildman–Crippen LogP) is 1.67. The number of carbonyl (C=O) groups excluding carboxylic acids is 3. The Labute approximate surface area is 232 Å². The molecular formula is C29H35N5O6. The third-order valence-corrected chi connectivity index (χ3v) is 8.79. The third kappa shape index (κ3) is 3.81. The van der Waals surface area contributed by atoms with Crippen LogP contribution in [0.1, 0.15) is 33.6 Å². The lowest BCUT2D eigenvalue weighted by Gasteiger charge is -2.41. The average molecular weight is 550 g/mol. The highest BCUT2D eigenvalue weighted by atomic mass is 16.6. The fourth-order valence-corrected chi connectivity index (χ4v) is 7.11. The van der Waals surface area contributed by atoms with Crippen LogP contribution < -0.4 is 0 Å². The molecule has 2 amide bonds. The number of rotatable bonds is 7. The molecule has 1 N–H and O–H groups in total. The van der Waals surface area contributed by atoms with Crippen LogP contribution in [0.5, 0.6) is 0 Å². The first-order valence-corrected chi connectivity index (χ1v) is 14.0. The van der Waals surface area contributed by atoms with Crippen LogP contribution in [0, 0.1) is 17.8 Å². The zero-order valence-electron chi connectivity index (χ0n) is 23.0. The number of esters is 1. The first-order valence-electron chi connectivity index (χ1n) is 14.0. The molecule has 11 nitrogen and oxygen atoms in total. The van der Waals surface area contributed by atoms with Crippen molar-refractivity contribution in [2.45, 2.75) is 63.6 Å². The van der Waals surface area contributed by atoms with Gasteiger partial charge in [0, 0.05) is 6.54 Å². The molecule has 2 aromatic rings. The summed E-state index contributed by atoms with van der Waals surface area (Å²) in [5.41, 5.74) is -1.01. The van der Waals surface area contributed by atoms with Gasteiger partial charge in [-0.25, -0.2) is 4.68 Å². The van der Waals surface area contributed by atoms with Gasteiger partial charge < -0.3 is 24.4 Å². The van der Waals surface area contributed by atoms with Gasteiger partial charge in [-0.2, -0.15) is 0 Å². The molecule has 0 aliphatic carbocycles. The number of hydrogen-bond donors (Lipinski definition) is 1. The minimum absolute atomic E-state index is 0.0997. The molecule has 0 bridgehead atoms. The molecule has 1 spiro atoms. The minimum atomic E-state index is -1.40. The molecule has 1 aromatic heterocycles. The smallest absolute Gasteiger partial charge is 0.313 e. The maximum atomic E-state index is 14.6. The SMILES string of the molecule is CC[C@]12C=CCOC(=O)[C@H]1[C@H]1C(=O)N([C@@H](CO)CC(C)C)C3C(=O)N(Cn4nnc5ccccc54)CC=C[C@@]31O2. The van der Waals surface area contributed by atoms with Crippen molar-refractivity contribution >= 4 is 28.8 Å². The highest BCUT2D eigenvalue weighted by Crippen LogP contribution is 2.58. The minimum Gasteiger partial charge on any atom is -0.461 e. The molecule has 1 unspecified atom stereocenters. The maximum Gasteiger partial charge on any atom is 0.313 e. The van der Waals surface area contributed by atoms with E-state index in [1.54, 1.807) is 21.7 Å². The summed E-state index contributed by atoms with van der Waals surface area (Å²) in [6.45, 7) is 6.06. The number of nitrogens with zero attached hydrogens (tertiary/aromatic N) is 5. The number of benzene rings is 1. The Bertz CT molecular complexity index is 1400. The van der Waals surface area contributed by atoms with E-state index in [0.29, 0.717) is 18.4 Å². The van der Waals surface area contributed by atoms with Gasteiger partial charge in [0.2, 0.25) is 5.91 Å². The molecule has 5 heterocycles. The molecule has 212 valence electrons. The van der Waals surface area contributed by atoms with E-state index in [2.05, 4.69) is 10.3 Å². The van der Waals surface area contributed by atoms with Crippen molar-refractivity contribution in [3.05, 3.63) is 48.6 Å². The number of aromatic nitrogens is 3. The topological polar surface area (TPSA) is 127 Å². The number of cyclic esters (lactones) is 1. The Kier molecular flexibility index (Phi) is 6.53. The molecule has 6 rings (SSSR count). The zero-order valence-corrected chi connectivity index (χ0v) is 23.0. The fourth-order valence-electron chi connectivity index (χ4n) is 7.11. The van der Waals surface area contributed by atoms with Crippen molar-refractivity contribution in [1.82, 2.24) is 24.8 Å². The van der Waals surface area contributed by atoms with E-state index in [9.17, 15) is 19.5 Å². The molecule has 40 heavy (non-hydrogen) atoms. The molecule has 0 radical (unpaired) electrons. The lowest BCUT2D eigenvalue weighted by molar-refractivity contribution is -0.162. The van der Waals surface area contributed by atoms with Crippen molar-refractivity contribution in [3.8, 4) is 0 Å². The highest BCUT2D eigenvalue weighted by Gasteiger charge is 2.76. The van der Waals surface area contributed by atoms with Crippen LogP contribution in [-0.4, -0.2) is 90.7 Å². The van der Waals surface area contributed by atoms with E-state index in [4.69, 9.17) is 9.47 Å². The number of aliphatic hydroxyl groups excluding tert-OH is 1. The molecule has 6 atom stereocenters. The van der Waals surface area contributed by atoms with Crippen LogP contribution in [0.15, 0.2) is 48.6 Å². The number of aliphatic hydroxyl groups is 1. The normalized spacial score (nSPS) is 32.2. The average Bonchev–Trinajstić information content (AvgIpc) is 3.48. The van der Waals surface area contributed by atoms with Crippen molar-refractivity contribution in [2.75, 3.05) is 19.8 Å². The Balaban J connectivity index is 1.47. The molecule has 2 saturated heterocycles. The van der Waals surface area contributed by atoms with Gasteiger partial charge in [-0.15, -0.1) is 5.10 Å². The summed E-state index contributed by atoms with van der Waals surface area (Å²) < 4.78 is 14.0. The van der Waals surface area contributed by atoms with Gasteiger partial charge >= 0.3 is 5.97 Å². The predicted molar refractivity (Wildman–Crippen MR) is 143 cm³/mol. The standard InChI is InChI=1S/C29H35N5O6/c1-4-28-11-8-14-39-27(38)23(28)22-25(36)34(19(16-35)15-18(2)3)24-26(37)32(13-7-12-29(22,24)40-28)17-33-21-10-6-5-9-20(21)30-31-33/h5-12,18-19,22-24,35H,4,13-17H2,1-3H3/t19-,22+,23-,24?,28+,29+/m1/s1. The van der Waals surface area contributed by atoms with Crippen LogP contribution in [0.2, 0.25) is 0 Å². The fraction of sp³-hybridized carbons (Fsp3) is 0.552. The van der Waals surface area contributed by atoms with Crippen LogP contribution in [-0.2, 0) is 30.5 Å². The maximum absolute atomic E-state index is 14.6. The Hall–Kier alpha value is -3.57. The number of para-hydroxylation sites is 1. The van der Waals surface area contributed by atoms with Crippen molar-refractivity contribution in [2.24, 2.45) is 17.8 Å². The largest absolute Gasteiger partial charge is 0.461 e. The second-order valence-corrected chi connectivity index (χ2v) is 11.5. The number of carbonyl (C=O) groups is 3. The quantitative estimate of drug-likeness (QED) is 0.408. The lowest BCUT2D eigenvalue weighted by atomic mass is 9.73. The van der Waals surface area contributed by atoms with Crippen LogP contribution in [0.25, 0.3) is 11.0 Å². The molecular weight excluding hydrogens is 514 g/mol. The molecule has 4 aliphatic rings. The van der Waals surface area contributed by atoms with Gasteiger partial charge in [-0.3, -0.25) is 14.4 Å². The number of amides is 2. The van der Waals surface area contributed by atoms with E-state index in [1.807, 2.05) is 57.2 Å². The Morgan fingerprint density at radius 1 is 1.10 bits per heavy atom. The summed E-state index contributed by atoms with van der Waals surface area (Å²) in [5.74, 6) is -2.95.